The van der Waals surface area contributed by atoms with Crippen molar-refractivity contribution in [2.45, 2.75) is 12.1 Å². The Morgan fingerprint density at radius 1 is 1.17 bits per heavy atom. The molecule has 2 aliphatic heterocycles. The van der Waals surface area contributed by atoms with Crippen molar-refractivity contribution in [3.8, 4) is 0 Å². The summed E-state index contributed by atoms with van der Waals surface area (Å²) in [5.41, 5.74) is 0.893. The fraction of sp³-hybridized carbons (Fsp3) is 0.500. The number of nitrogens with zero attached hydrogens (tertiary/aromatic N) is 6. The Balaban J connectivity index is 1.47. The van der Waals surface area contributed by atoms with Crippen molar-refractivity contribution in [1.82, 2.24) is 30.0 Å². The van der Waals surface area contributed by atoms with Crippen LogP contribution in [-0.2, 0) is 9.53 Å². The third-order valence-corrected chi connectivity index (χ3v) is 4.71. The number of hydrogen-bond donors (Lipinski definition) is 0. The first kappa shape index (κ1) is 15.2. The number of rotatable bonds is 4. The molecule has 0 spiro atoms. The predicted octanol–water partition coefficient (Wildman–Crippen LogP) is -0.194. The monoisotopic (exact) mass is 328 g/mol. The van der Waals surface area contributed by atoms with Gasteiger partial charge in [-0.15, -0.1) is 5.10 Å². The van der Waals surface area contributed by atoms with Gasteiger partial charge in [-0.3, -0.25) is 9.69 Å². The van der Waals surface area contributed by atoms with Crippen molar-refractivity contribution >= 4 is 5.91 Å². The van der Waals surface area contributed by atoms with Crippen LogP contribution in [0.15, 0.2) is 36.7 Å². The Bertz CT molecular complexity index is 665. The van der Waals surface area contributed by atoms with E-state index in [1.54, 1.807) is 0 Å². The first-order valence-corrected chi connectivity index (χ1v) is 8.21. The van der Waals surface area contributed by atoms with E-state index in [-0.39, 0.29) is 5.91 Å². The zero-order chi connectivity index (χ0) is 16.4. The summed E-state index contributed by atoms with van der Waals surface area (Å²) >= 11 is 0. The standard InChI is InChI=1S/C16H20N6O2/c23-16(21-10-14(11-21)20-6-8-24-9-7-20)15(22-12-17-18-19-22)13-4-2-1-3-5-13/h1-5,12,14-15H,6-11H2/t15-/m0/s1. The second-order valence-corrected chi connectivity index (χ2v) is 6.15. The van der Waals surface area contributed by atoms with Gasteiger partial charge in [-0.2, -0.15) is 0 Å². The molecule has 1 aromatic carbocycles. The molecule has 0 saturated carbocycles. The fourth-order valence-electron chi connectivity index (χ4n) is 3.31. The van der Waals surface area contributed by atoms with Crippen LogP contribution in [-0.4, -0.2) is 81.3 Å². The van der Waals surface area contributed by atoms with Crippen LogP contribution in [0.2, 0.25) is 0 Å². The van der Waals surface area contributed by atoms with Gasteiger partial charge in [-0.25, -0.2) is 4.68 Å². The van der Waals surface area contributed by atoms with E-state index < -0.39 is 6.04 Å². The molecule has 3 heterocycles. The number of carbonyl (C=O) groups is 1. The van der Waals surface area contributed by atoms with Gasteiger partial charge in [0.1, 0.15) is 6.33 Å². The summed E-state index contributed by atoms with van der Waals surface area (Å²) in [6.45, 7) is 4.96. The summed E-state index contributed by atoms with van der Waals surface area (Å²) in [5, 5.41) is 11.3. The molecule has 2 aliphatic rings. The largest absolute Gasteiger partial charge is 0.379 e. The second-order valence-electron chi connectivity index (χ2n) is 6.15. The summed E-state index contributed by atoms with van der Waals surface area (Å²) in [6.07, 6.45) is 1.49. The maximum absolute atomic E-state index is 13.0. The maximum Gasteiger partial charge on any atom is 0.252 e. The van der Waals surface area contributed by atoms with E-state index in [2.05, 4.69) is 20.4 Å². The van der Waals surface area contributed by atoms with Gasteiger partial charge in [0, 0.05) is 32.2 Å². The van der Waals surface area contributed by atoms with Gasteiger partial charge in [0.25, 0.3) is 5.91 Å². The van der Waals surface area contributed by atoms with E-state index in [4.69, 9.17) is 4.74 Å². The molecule has 8 heteroatoms. The lowest BCUT2D eigenvalue weighted by atomic mass is 10.0. The number of ether oxygens (including phenoxy) is 1. The molecule has 2 saturated heterocycles. The third kappa shape index (κ3) is 2.90. The fourth-order valence-corrected chi connectivity index (χ4v) is 3.31. The Kier molecular flexibility index (Phi) is 4.22. The average molecular weight is 328 g/mol. The molecular formula is C16H20N6O2. The van der Waals surface area contributed by atoms with E-state index in [1.165, 1.54) is 11.0 Å². The highest BCUT2D eigenvalue weighted by Crippen LogP contribution is 2.24. The van der Waals surface area contributed by atoms with E-state index in [0.717, 1.165) is 45.0 Å². The molecule has 1 atom stereocenters. The van der Waals surface area contributed by atoms with Crippen LogP contribution < -0.4 is 0 Å². The van der Waals surface area contributed by atoms with Crippen LogP contribution in [0.5, 0.6) is 0 Å². The highest BCUT2D eigenvalue weighted by atomic mass is 16.5. The quantitative estimate of drug-likeness (QED) is 0.774. The maximum atomic E-state index is 13.0. The third-order valence-electron chi connectivity index (χ3n) is 4.71. The van der Waals surface area contributed by atoms with Gasteiger partial charge in [0.15, 0.2) is 6.04 Å². The Labute approximate surface area is 140 Å². The number of likely N-dealkylation sites (tertiary alicyclic amines) is 1. The topological polar surface area (TPSA) is 76.4 Å². The smallest absolute Gasteiger partial charge is 0.252 e. The van der Waals surface area contributed by atoms with Crippen LogP contribution in [0.3, 0.4) is 0 Å². The molecular weight excluding hydrogens is 308 g/mol. The summed E-state index contributed by atoms with van der Waals surface area (Å²) in [6, 6.07) is 9.57. The van der Waals surface area contributed by atoms with Crippen molar-refractivity contribution in [3.05, 3.63) is 42.2 Å². The van der Waals surface area contributed by atoms with Crippen LogP contribution in [0.1, 0.15) is 11.6 Å². The van der Waals surface area contributed by atoms with Crippen molar-refractivity contribution in [1.29, 1.82) is 0 Å². The Morgan fingerprint density at radius 3 is 2.58 bits per heavy atom. The number of carbonyl (C=O) groups excluding carboxylic acids is 1. The van der Waals surface area contributed by atoms with Gasteiger partial charge >= 0.3 is 0 Å². The predicted molar refractivity (Wildman–Crippen MR) is 85.2 cm³/mol. The molecule has 8 nitrogen and oxygen atoms in total. The van der Waals surface area contributed by atoms with Gasteiger partial charge < -0.3 is 9.64 Å². The number of aromatic nitrogens is 4. The molecule has 126 valence electrons. The van der Waals surface area contributed by atoms with Crippen LogP contribution >= 0.6 is 0 Å². The molecule has 0 unspecified atom stereocenters. The molecule has 24 heavy (non-hydrogen) atoms. The summed E-state index contributed by atoms with van der Waals surface area (Å²) in [4.78, 5) is 17.3. The SMILES string of the molecule is O=C([C@H](c1ccccc1)n1cnnn1)N1CC(N2CCOCC2)C1. The number of amides is 1. The summed E-state index contributed by atoms with van der Waals surface area (Å²) in [7, 11) is 0. The minimum atomic E-state index is -0.508. The number of morpholine rings is 1. The number of hydrogen-bond acceptors (Lipinski definition) is 6. The lowest BCUT2D eigenvalue weighted by Crippen LogP contribution is -2.63. The Morgan fingerprint density at radius 2 is 1.92 bits per heavy atom. The first-order valence-electron chi connectivity index (χ1n) is 8.21. The van der Waals surface area contributed by atoms with Gasteiger partial charge in [-0.1, -0.05) is 30.3 Å². The van der Waals surface area contributed by atoms with Crippen molar-refractivity contribution in [2.24, 2.45) is 0 Å². The van der Waals surface area contributed by atoms with Gasteiger partial charge in [0.2, 0.25) is 0 Å². The molecule has 2 aromatic rings. The molecule has 2 fully saturated rings. The van der Waals surface area contributed by atoms with E-state index >= 15 is 0 Å². The number of benzene rings is 1. The van der Waals surface area contributed by atoms with Crippen LogP contribution in [0.4, 0.5) is 0 Å². The second kappa shape index (κ2) is 6.66. The van der Waals surface area contributed by atoms with E-state index in [0.29, 0.717) is 6.04 Å². The molecule has 0 bridgehead atoms. The van der Waals surface area contributed by atoms with Gasteiger partial charge in [-0.05, 0) is 16.0 Å². The van der Waals surface area contributed by atoms with Crippen molar-refractivity contribution < 1.29 is 9.53 Å². The normalized spacial score (nSPS) is 20.6. The number of tetrazole rings is 1. The average Bonchev–Trinajstić information content (AvgIpc) is 3.10. The molecule has 4 rings (SSSR count). The zero-order valence-electron chi connectivity index (χ0n) is 13.4. The van der Waals surface area contributed by atoms with Crippen LogP contribution in [0, 0.1) is 0 Å². The highest BCUT2D eigenvalue weighted by molar-refractivity contribution is 5.84. The highest BCUT2D eigenvalue weighted by Gasteiger charge is 2.39. The molecule has 1 aromatic heterocycles. The molecule has 1 amide bonds. The molecule has 0 N–H and O–H groups in total. The minimum absolute atomic E-state index is 0.0398. The molecule has 0 radical (unpaired) electrons. The summed E-state index contributed by atoms with van der Waals surface area (Å²) < 4.78 is 6.92. The van der Waals surface area contributed by atoms with E-state index in [1.807, 2.05) is 35.2 Å². The van der Waals surface area contributed by atoms with Gasteiger partial charge in [0.05, 0.1) is 13.2 Å². The Hall–Kier alpha value is -2.32. The van der Waals surface area contributed by atoms with Crippen LogP contribution in [0.25, 0.3) is 0 Å². The first-order chi connectivity index (χ1) is 11.8. The minimum Gasteiger partial charge on any atom is -0.379 e. The summed E-state index contributed by atoms with van der Waals surface area (Å²) in [5.74, 6) is 0.0398. The molecule has 0 aliphatic carbocycles. The van der Waals surface area contributed by atoms with Crippen molar-refractivity contribution in [3.63, 3.8) is 0 Å². The lowest BCUT2D eigenvalue weighted by Gasteiger charge is -2.47. The van der Waals surface area contributed by atoms with Crippen molar-refractivity contribution in [2.75, 3.05) is 39.4 Å². The zero-order valence-corrected chi connectivity index (χ0v) is 13.4. The lowest BCUT2D eigenvalue weighted by molar-refractivity contribution is -0.142. The van der Waals surface area contributed by atoms with E-state index in [9.17, 15) is 4.79 Å².